The Kier molecular flexibility index (Phi) is 3.66. The van der Waals surface area contributed by atoms with Crippen LogP contribution >= 0.6 is 22.9 Å². The molecule has 2 aromatic rings. The maximum Gasteiger partial charge on any atom is 0.263 e. The third-order valence-electron chi connectivity index (χ3n) is 1.96. The van der Waals surface area contributed by atoms with E-state index in [4.69, 9.17) is 11.6 Å². The Balaban J connectivity index is 2.24. The van der Waals surface area contributed by atoms with Gasteiger partial charge in [0.1, 0.15) is 0 Å². The first kappa shape index (κ1) is 12.3. The number of aromatic nitrogens is 1. The number of sulfonamides is 1. The summed E-state index contributed by atoms with van der Waals surface area (Å²) < 4.78 is 26.3. The minimum Gasteiger partial charge on any atom is -0.255 e. The molecule has 0 aliphatic rings. The molecule has 1 heterocycles. The summed E-state index contributed by atoms with van der Waals surface area (Å²) in [7, 11) is -3.55. The van der Waals surface area contributed by atoms with E-state index >= 15 is 0 Å². The molecule has 1 aromatic carbocycles. The first-order chi connectivity index (χ1) is 8.12. The Morgan fingerprint density at radius 1 is 1.29 bits per heavy atom. The van der Waals surface area contributed by atoms with Crippen LogP contribution in [0.25, 0.3) is 0 Å². The van der Waals surface area contributed by atoms with Crippen molar-refractivity contribution in [1.82, 2.24) is 4.98 Å². The number of nitrogens with one attached hydrogen (secondary N) is 1. The molecule has 1 N–H and O–H groups in total. The highest BCUT2D eigenvalue weighted by atomic mass is 35.5. The van der Waals surface area contributed by atoms with Crippen LogP contribution in [0.4, 0.5) is 5.13 Å². The van der Waals surface area contributed by atoms with Crippen molar-refractivity contribution in [2.45, 2.75) is 10.8 Å². The van der Waals surface area contributed by atoms with Crippen molar-refractivity contribution < 1.29 is 8.42 Å². The number of nitrogens with zero attached hydrogens (tertiary/aromatic N) is 1. The van der Waals surface area contributed by atoms with E-state index in [0.717, 1.165) is 0 Å². The first-order valence-electron chi connectivity index (χ1n) is 4.70. The Morgan fingerprint density at radius 2 is 2.00 bits per heavy atom. The molecule has 17 heavy (non-hydrogen) atoms. The Bertz CT molecular complexity index is 596. The van der Waals surface area contributed by atoms with E-state index < -0.39 is 10.0 Å². The lowest BCUT2D eigenvalue weighted by molar-refractivity contribution is 0.601. The molecular formula is C10H9ClN2O2S2. The Labute approximate surface area is 108 Å². The number of thiazole rings is 1. The van der Waals surface area contributed by atoms with E-state index in [1.807, 2.05) is 0 Å². The van der Waals surface area contributed by atoms with E-state index in [9.17, 15) is 8.42 Å². The van der Waals surface area contributed by atoms with E-state index in [0.29, 0.717) is 10.8 Å². The molecule has 0 fully saturated rings. The summed E-state index contributed by atoms with van der Waals surface area (Å²) in [6, 6.07) is 8.14. The second kappa shape index (κ2) is 5.03. The van der Waals surface area contributed by atoms with Crippen molar-refractivity contribution in [3.05, 3.63) is 41.4 Å². The lowest BCUT2D eigenvalue weighted by Crippen LogP contribution is -2.12. The van der Waals surface area contributed by atoms with Gasteiger partial charge >= 0.3 is 0 Å². The summed E-state index contributed by atoms with van der Waals surface area (Å²) in [6.07, 6.45) is 0. The average molecular weight is 289 g/mol. The molecule has 0 bridgehead atoms. The van der Waals surface area contributed by atoms with Gasteiger partial charge in [0.15, 0.2) is 5.13 Å². The van der Waals surface area contributed by atoms with Gasteiger partial charge in [0.25, 0.3) is 10.0 Å². The lowest BCUT2D eigenvalue weighted by atomic mass is 10.4. The summed E-state index contributed by atoms with van der Waals surface area (Å²) >= 11 is 6.81. The van der Waals surface area contributed by atoms with Gasteiger partial charge in [0, 0.05) is 5.38 Å². The fraction of sp³-hybridized carbons (Fsp3) is 0.100. The van der Waals surface area contributed by atoms with Gasteiger partial charge in [0.05, 0.1) is 16.5 Å². The summed E-state index contributed by atoms with van der Waals surface area (Å²) in [5.41, 5.74) is 0.655. The van der Waals surface area contributed by atoms with Gasteiger partial charge in [-0.3, -0.25) is 4.72 Å². The van der Waals surface area contributed by atoms with Crippen LogP contribution in [0, 0.1) is 0 Å². The quantitative estimate of drug-likeness (QED) is 0.880. The standard InChI is InChI=1S/C10H9ClN2O2S2/c11-6-8-7-16-10(12-8)13-17(14,15)9-4-2-1-3-5-9/h1-5,7H,6H2,(H,12,13). The van der Waals surface area contributed by atoms with Crippen LogP contribution in [0.3, 0.4) is 0 Å². The summed E-state index contributed by atoms with van der Waals surface area (Å²) in [6.45, 7) is 0. The highest BCUT2D eigenvalue weighted by Crippen LogP contribution is 2.20. The zero-order chi connectivity index (χ0) is 12.3. The fourth-order valence-corrected chi connectivity index (χ4v) is 3.40. The van der Waals surface area contributed by atoms with Gasteiger partial charge in [-0.25, -0.2) is 13.4 Å². The number of benzene rings is 1. The van der Waals surface area contributed by atoms with E-state index in [1.165, 1.54) is 23.5 Å². The van der Waals surface area contributed by atoms with Crippen LogP contribution in [0.2, 0.25) is 0 Å². The largest absolute Gasteiger partial charge is 0.263 e. The zero-order valence-corrected chi connectivity index (χ0v) is 11.0. The van der Waals surface area contributed by atoms with Gasteiger partial charge < -0.3 is 0 Å². The molecule has 1 aromatic heterocycles. The third-order valence-corrected chi connectivity index (χ3v) is 4.53. The van der Waals surface area contributed by atoms with Crippen LogP contribution in [-0.4, -0.2) is 13.4 Å². The van der Waals surface area contributed by atoms with E-state index in [1.54, 1.807) is 23.6 Å². The number of hydrogen-bond acceptors (Lipinski definition) is 4. The highest BCUT2D eigenvalue weighted by molar-refractivity contribution is 7.93. The van der Waals surface area contributed by atoms with Crippen LogP contribution < -0.4 is 4.72 Å². The Hall–Kier alpha value is -1.11. The predicted molar refractivity (Wildman–Crippen MR) is 68.9 cm³/mol. The molecule has 0 saturated heterocycles. The highest BCUT2D eigenvalue weighted by Gasteiger charge is 2.15. The van der Waals surface area contributed by atoms with Crippen LogP contribution in [0.5, 0.6) is 0 Å². The predicted octanol–water partition coefficient (Wildman–Crippen LogP) is 2.68. The monoisotopic (exact) mass is 288 g/mol. The van der Waals surface area contributed by atoms with Crippen LogP contribution in [0.1, 0.15) is 5.69 Å². The number of anilines is 1. The summed E-state index contributed by atoms with van der Waals surface area (Å²) in [5, 5.41) is 2.04. The minimum absolute atomic E-state index is 0.211. The van der Waals surface area contributed by atoms with Crippen molar-refractivity contribution in [2.24, 2.45) is 0 Å². The number of alkyl halides is 1. The molecule has 2 rings (SSSR count). The summed E-state index contributed by atoms with van der Waals surface area (Å²) in [4.78, 5) is 4.25. The van der Waals surface area contributed by atoms with Crippen molar-refractivity contribution in [1.29, 1.82) is 0 Å². The number of halogens is 1. The molecule has 7 heteroatoms. The molecule has 0 saturated carbocycles. The van der Waals surface area contributed by atoms with Gasteiger partial charge in [-0.1, -0.05) is 18.2 Å². The van der Waals surface area contributed by atoms with Gasteiger partial charge in [-0.2, -0.15) is 0 Å². The van der Waals surface area contributed by atoms with Gasteiger partial charge in [-0.15, -0.1) is 22.9 Å². The molecule has 4 nitrogen and oxygen atoms in total. The van der Waals surface area contributed by atoms with Gasteiger partial charge in [-0.05, 0) is 12.1 Å². The van der Waals surface area contributed by atoms with Crippen molar-refractivity contribution in [3.63, 3.8) is 0 Å². The lowest BCUT2D eigenvalue weighted by Gasteiger charge is -2.04. The van der Waals surface area contributed by atoms with Gasteiger partial charge in [0.2, 0.25) is 0 Å². The first-order valence-corrected chi connectivity index (χ1v) is 7.60. The van der Waals surface area contributed by atoms with Crippen LogP contribution in [0.15, 0.2) is 40.6 Å². The fourth-order valence-electron chi connectivity index (χ4n) is 1.19. The molecule has 0 atom stereocenters. The third kappa shape index (κ3) is 2.96. The topological polar surface area (TPSA) is 59.1 Å². The molecule has 0 aliphatic carbocycles. The minimum atomic E-state index is -3.55. The zero-order valence-electron chi connectivity index (χ0n) is 8.63. The number of rotatable bonds is 4. The maximum atomic E-state index is 11.9. The second-order valence-electron chi connectivity index (χ2n) is 3.20. The van der Waals surface area contributed by atoms with Crippen molar-refractivity contribution in [2.75, 3.05) is 4.72 Å². The average Bonchev–Trinajstić information content (AvgIpc) is 2.77. The molecule has 0 aliphatic heterocycles. The Morgan fingerprint density at radius 3 is 2.59 bits per heavy atom. The van der Waals surface area contributed by atoms with E-state index in [-0.39, 0.29) is 10.8 Å². The molecule has 0 amide bonds. The second-order valence-corrected chi connectivity index (χ2v) is 6.00. The molecule has 0 spiro atoms. The van der Waals surface area contributed by atoms with Crippen molar-refractivity contribution in [3.8, 4) is 0 Å². The molecule has 90 valence electrons. The normalized spacial score (nSPS) is 11.4. The van der Waals surface area contributed by atoms with E-state index in [2.05, 4.69) is 9.71 Å². The smallest absolute Gasteiger partial charge is 0.255 e. The molecule has 0 unspecified atom stereocenters. The summed E-state index contributed by atoms with van der Waals surface area (Å²) in [5.74, 6) is 0.267. The number of hydrogen-bond donors (Lipinski definition) is 1. The SMILES string of the molecule is O=S(=O)(Nc1nc(CCl)cs1)c1ccccc1. The maximum absolute atomic E-state index is 11.9. The van der Waals surface area contributed by atoms with Crippen molar-refractivity contribution >= 4 is 38.1 Å². The molecular weight excluding hydrogens is 280 g/mol. The molecule has 0 radical (unpaired) electrons. The van der Waals surface area contributed by atoms with Crippen LogP contribution in [-0.2, 0) is 15.9 Å².